The van der Waals surface area contributed by atoms with Crippen LogP contribution in [0.4, 0.5) is 5.69 Å². The summed E-state index contributed by atoms with van der Waals surface area (Å²) in [4.78, 5) is 11.5. The number of methoxy groups -OCH3 is 1. The van der Waals surface area contributed by atoms with Crippen molar-refractivity contribution in [3.63, 3.8) is 0 Å². The molecule has 0 radical (unpaired) electrons. The van der Waals surface area contributed by atoms with E-state index in [2.05, 4.69) is 0 Å². The first kappa shape index (κ1) is 10.0. The second kappa shape index (κ2) is 3.93. The molecule has 0 heterocycles. The summed E-state index contributed by atoms with van der Waals surface area (Å²) in [5, 5.41) is 0. The molecule has 0 amide bonds. The number of ether oxygens (including phenoxy) is 1. The maximum absolute atomic E-state index is 11.5. The maximum atomic E-state index is 11.5. The quantitative estimate of drug-likeness (QED) is 0.563. The van der Waals surface area contributed by atoms with Crippen LogP contribution in [0.25, 0.3) is 0 Å². The largest absolute Gasteiger partial charge is 0.465 e. The number of hydrogen-bond donors (Lipinski definition) is 1. The molecule has 0 saturated heterocycles. The summed E-state index contributed by atoms with van der Waals surface area (Å²) in [6, 6.07) is 3.57. The van der Waals surface area contributed by atoms with Crippen LogP contribution >= 0.6 is 0 Å². The Hall–Kier alpha value is -1.51. The number of hydrogen-bond acceptors (Lipinski definition) is 3. The van der Waals surface area contributed by atoms with Crippen molar-refractivity contribution < 1.29 is 9.53 Å². The van der Waals surface area contributed by atoms with Gasteiger partial charge in [-0.1, -0.05) is 0 Å². The van der Waals surface area contributed by atoms with Gasteiger partial charge in [0.05, 0.1) is 12.7 Å². The zero-order chi connectivity index (χ0) is 10.8. The van der Waals surface area contributed by atoms with Crippen molar-refractivity contribution in [3.05, 3.63) is 28.8 Å². The molecule has 1 aliphatic carbocycles. The summed E-state index contributed by atoms with van der Waals surface area (Å²) in [6.45, 7) is 0. The molecule has 1 aromatic rings. The van der Waals surface area contributed by atoms with Crippen LogP contribution in [-0.2, 0) is 17.6 Å². The molecule has 2 N–H and O–H groups in total. The van der Waals surface area contributed by atoms with Gasteiger partial charge in [0.2, 0.25) is 0 Å². The fourth-order valence-electron chi connectivity index (χ4n) is 2.20. The highest BCUT2D eigenvalue weighted by molar-refractivity contribution is 5.92. The minimum atomic E-state index is -0.256. The van der Waals surface area contributed by atoms with Crippen LogP contribution in [-0.4, -0.2) is 13.1 Å². The van der Waals surface area contributed by atoms with Crippen LogP contribution in [0.15, 0.2) is 12.1 Å². The predicted octanol–water partition coefficient (Wildman–Crippen LogP) is 1.93. The lowest BCUT2D eigenvalue weighted by molar-refractivity contribution is 0.0599. The highest BCUT2D eigenvalue weighted by atomic mass is 16.5. The number of carbonyl (C=O) groups excluding carboxylic acids is 1. The first-order valence-corrected chi connectivity index (χ1v) is 5.22. The van der Waals surface area contributed by atoms with Gasteiger partial charge in [0.15, 0.2) is 0 Å². The molecule has 0 saturated carbocycles. The molecule has 2 rings (SSSR count). The summed E-state index contributed by atoms with van der Waals surface area (Å²) >= 11 is 0. The maximum Gasteiger partial charge on any atom is 0.338 e. The topological polar surface area (TPSA) is 52.3 Å². The molecule has 1 aliphatic rings. The Labute approximate surface area is 89.2 Å². The minimum absolute atomic E-state index is 0.256. The van der Waals surface area contributed by atoms with Gasteiger partial charge < -0.3 is 10.5 Å². The SMILES string of the molecule is COC(=O)c1ccc(N)c2c1CCCC2. The average Bonchev–Trinajstić information content (AvgIpc) is 2.29. The zero-order valence-corrected chi connectivity index (χ0v) is 8.88. The molecule has 0 unspecified atom stereocenters. The van der Waals surface area contributed by atoms with Crippen LogP contribution in [0.5, 0.6) is 0 Å². The third kappa shape index (κ3) is 1.69. The minimum Gasteiger partial charge on any atom is -0.465 e. The lowest BCUT2D eigenvalue weighted by atomic mass is 9.87. The number of benzene rings is 1. The van der Waals surface area contributed by atoms with Crippen LogP contribution in [0.2, 0.25) is 0 Å². The van der Waals surface area contributed by atoms with E-state index >= 15 is 0 Å². The van der Waals surface area contributed by atoms with E-state index in [9.17, 15) is 4.79 Å². The van der Waals surface area contributed by atoms with Crippen molar-refractivity contribution in [1.82, 2.24) is 0 Å². The molecule has 0 fully saturated rings. The van der Waals surface area contributed by atoms with Crippen molar-refractivity contribution >= 4 is 11.7 Å². The van der Waals surface area contributed by atoms with E-state index < -0.39 is 0 Å². The van der Waals surface area contributed by atoms with Crippen LogP contribution in [0.3, 0.4) is 0 Å². The summed E-state index contributed by atoms with van der Waals surface area (Å²) in [7, 11) is 1.41. The Morgan fingerprint density at radius 3 is 2.60 bits per heavy atom. The summed E-state index contributed by atoms with van der Waals surface area (Å²) in [5.74, 6) is -0.256. The number of fused-ring (bicyclic) bond motifs is 1. The van der Waals surface area contributed by atoms with E-state index in [-0.39, 0.29) is 5.97 Å². The van der Waals surface area contributed by atoms with Gasteiger partial charge in [0.1, 0.15) is 0 Å². The molecule has 0 aliphatic heterocycles. The molecule has 0 bridgehead atoms. The Morgan fingerprint density at radius 1 is 1.27 bits per heavy atom. The number of rotatable bonds is 1. The van der Waals surface area contributed by atoms with Crippen LogP contribution in [0.1, 0.15) is 34.3 Å². The normalized spacial score (nSPS) is 14.5. The molecule has 0 aromatic heterocycles. The van der Waals surface area contributed by atoms with E-state index in [1.807, 2.05) is 0 Å². The van der Waals surface area contributed by atoms with Crippen molar-refractivity contribution in [2.24, 2.45) is 0 Å². The van der Waals surface area contributed by atoms with Gasteiger partial charge in [-0.3, -0.25) is 0 Å². The standard InChI is InChI=1S/C12H15NO2/c1-15-12(14)10-6-7-11(13)9-5-3-2-4-8(9)10/h6-7H,2-5,13H2,1H3. The summed E-state index contributed by atoms with van der Waals surface area (Å²) < 4.78 is 4.76. The molecular weight excluding hydrogens is 190 g/mol. The number of nitrogens with two attached hydrogens (primary N) is 1. The number of anilines is 1. The van der Waals surface area contributed by atoms with Crippen molar-refractivity contribution in [2.45, 2.75) is 25.7 Å². The van der Waals surface area contributed by atoms with E-state index in [1.165, 1.54) is 7.11 Å². The fourth-order valence-corrected chi connectivity index (χ4v) is 2.20. The van der Waals surface area contributed by atoms with E-state index in [4.69, 9.17) is 10.5 Å². The van der Waals surface area contributed by atoms with Gasteiger partial charge in [0.25, 0.3) is 0 Å². The van der Waals surface area contributed by atoms with Gasteiger partial charge in [-0.15, -0.1) is 0 Å². The number of esters is 1. The first-order chi connectivity index (χ1) is 7.24. The van der Waals surface area contributed by atoms with Crippen LogP contribution < -0.4 is 5.73 Å². The smallest absolute Gasteiger partial charge is 0.338 e. The number of nitrogen functional groups attached to an aromatic ring is 1. The second-order valence-electron chi connectivity index (χ2n) is 3.86. The van der Waals surface area contributed by atoms with Gasteiger partial charge >= 0.3 is 5.97 Å². The lowest BCUT2D eigenvalue weighted by Gasteiger charge is -2.20. The molecule has 0 atom stereocenters. The monoisotopic (exact) mass is 205 g/mol. The van der Waals surface area contributed by atoms with Gasteiger partial charge in [-0.25, -0.2) is 4.79 Å². The van der Waals surface area contributed by atoms with E-state index in [0.717, 1.165) is 42.5 Å². The number of carbonyl (C=O) groups is 1. The molecule has 3 nitrogen and oxygen atoms in total. The molecule has 0 spiro atoms. The molecule has 3 heteroatoms. The van der Waals surface area contributed by atoms with Gasteiger partial charge in [-0.2, -0.15) is 0 Å². The Balaban J connectivity index is 2.52. The molecule has 80 valence electrons. The zero-order valence-electron chi connectivity index (χ0n) is 8.88. The third-order valence-corrected chi connectivity index (χ3v) is 2.98. The van der Waals surface area contributed by atoms with Gasteiger partial charge in [0, 0.05) is 5.69 Å². The Morgan fingerprint density at radius 2 is 1.93 bits per heavy atom. The Kier molecular flexibility index (Phi) is 2.62. The summed E-state index contributed by atoms with van der Waals surface area (Å²) in [6.07, 6.45) is 4.19. The van der Waals surface area contributed by atoms with Crippen molar-refractivity contribution in [3.8, 4) is 0 Å². The third-order valence-electron chi connectivity index (χ3n) is 2.98. The molecular formula is C12H15NO2. The average molecular weight is 205 g/mol. The highest BCUT2D eigenvalue weighted by Crippen LogP contribution is 2.29. The lowest BCUT2D eigenvalue weighted by Crippen LogP contribution is -2.13. The predicted molar refractivity (Wildman–Crippen MR) is 58.8 cm³/mol. The Bertz CT molecular complexity index is 399. The molecule has 15 heavy (non-hydrogen) atoms. The van der Waals surface area contributed by atoms with Gasteiger partial charge in [-0.05, 0) is 48.9 Å². The first-order valence-electron chi connectivity index (χ1n) is 5.22. The van der Waals surface area contributed by atoms with Crippen LogP contribution in [0, 0.1) is 0 Å². The second-order valence-corrected chi connectivity index (χ2v) is 3.86. The van der Waals surface area contributed by atoms with Crippen molar-refractivity contribution in [1.29, 1.82) is 0 Å². The van der Waals surface area contributed by atoms with E-state index in [1.54, 1.807) is 12.1 Å². The summed E-state index contributed by atoms with van der Waals surface area (Å²) in [5.41, 5.74) is 9.62. The fraction of sp³-hybridized carbons (Fsp3) is 0.417. The molecule has 1 aromatic carbocycles. The van der Waals surface area contributed by atoms with Crippen molar-refractivity contribution in [2.75, 3.05) is 12.8 Å². The highest BCUT2D eigenvalue weighted by Gasteiger charge is 2.19. The van der Waals surface area contributed by atoms with E-state index in [0.29, 0.717) is 5.56 Å².